The number of primary amides is 1. The third-order valence-electron chi connectivity index (χ3n) is 5.20. The van der Waals surface area contributed by atoms with Crippen LogP contribution in [0.5, 0.6) is 0 Å². The van der Waals surface area contributed by atoms with E-state index in [4.69, 9.17) is 17.3 Å². The molecule has 13 heteroatoms. The van der Waals surface area contributed by atoms with Gasteiger partial charge in [-0.05, 0) is 42.5 Å². The number of hydrogen-bond donors (Lipinski definition) is 3. The number of nitrogens with one attached hydrogen (secondary N) is 2. The average molecular weight is 588 g/mol. The zero-order chi connectivity index (χ0) is 28.2. The third-order valence-corrected chi connectivity index (χ3v) is 7.59. The van der Waals surface area contributed by atoms with E-state index in [9.17, 15) is 28.0 Å². The number of fused-ring (bicyclic) bond motifs is 1. The predicted octanol–water partition coefficient (Wildman–Crippen LogP) is 6.74. The number of thioether (sulfide) groups is 1. The standard InChI is InChI=1S/C26H17ClF3N5O2S2/c27-17-10-9-14(26(28,29)30)11-20(17)35-24(16(12-31)25-34-19-7-3-4-8-21(19)39-25)38-13-22(36)33-18-6-2-1-5-15(18)23(32)37/h1-11,35H,13H2,(H2,32,37)(H,33,36). The van der Waals surface area contributed by atoms with Crippen molar-refractivity contribution in [2.24, 2.45) is 5.73 Å². The minimum Gasteiger partial charge on any atom is -0.366 e. The summed E-state index contributed by atoms with van der Waals surface area (Å²) in [5.74, 6) is -1.56. The smallest absolute Gasteiger partial charge is 0.366 e. The molecule has 1 heterocycles. The summed E-state index contributed by atoms with van der Waals surface area (Å²) in [4.78, 5) is 28.9. The van der Waals surface area contributed by atoms with Gasteiger partial charge >= 0.3 is 6.18 Å². The molecule has 4 N–H and O–H groups in total. The number of benzene rings is 3. The number of nitrogens with two attached hydrogens (primary N) is 1. The van der Waals surface area contributed by atoms with Gasteiger partial charge in [0.05, 0.1) is 48.5 Å². The molecule has 0 saturated carbocycles. The number of aromatic nitrogens is 1. The van der Waals surface area contributed by atoms with Gasteiger partial charge in [0.2, 0.25) is 5.91 Å². The molecule has 0 saturated heterocycles. The van der Waals surface area contributed by atoms with Crippen LogP contribution in [0, 0.1) is 11.3 Å². The number of hydrogen-bond acceptors (Lipinski definition) is 7. The number of alkyl halides is 3. The number of rotatable bonds is 8. The zero-order valence-corrected chi connectivity index (χ0v) is 22.1. The van der Waals surface area contributed by atoms with Crippen molar-refractivity contribution in [3.05, 3.63) is 92.9 Å². The van der Waals surface area contributed by atoms with Crippen LogP contribution in [0.4, 0.5) is 24.5 Å². The van der Waals surface area contributed by atoms with Crippen LogP contribution in [0.15, 0.2) is 71.8 Å². The Bertz CT molecular complexity index is 1610. The average Bonchev–Trinajstić information content (AvgIpc) is 3.32. The Morgan fingerprint density at radius 1 is 1.05 bits per heavy atom. The van der Waals surface area contributed by atoms with Gasteiger partial charge in [0.1, 0.15) is 16.6 Å². The summed E-state index contributed by atoms with van der Waals surface area (Å²) in [5.41, 5.74) is 5.25. The number of nitrogens with zero attached hydrogens (tertiary/aromatic N) is 2. The van der Waals surface area contributed by atoms with E-state index in [0.717, 1.165) is 34.7 Å². The number of para-hydroxylation sites is 2. The van der Waals surface area contributed by atoms with Crippen molar-refractivity contribution in [2.45, 2.75) is 6.18 Å². The molecule has 0 radical (unpaired) electrons. The van der Waals surface area contributed by atoms with E-state index in [1.54, 1.807) is 24.3 Å². The lowest BCUT2D eigenvalue weighted by molar-refractivity contribution is -0.137. The molecule has 7 nitrogen and oxygen atoms in total. The quantitative estimate of drug-likeness (QED) is 0.196. The highest BCUT2D eigenvalue weighted by molar-refractivity contribution is 8.04. The fourth-order valence-electron chi connectivity index (χ4n) is 3.40. The van der Waals surface area contributed by atoms with E-state index < -0.39 is 23.6 Å². The van der Waals surface area contributed by atoms with Gasteiger partial charge < -0.3 is 16.4 Å². The van der Waals surface area contributed by atoms with E-state index in [2.05, 4.69) is 15.6 Å². The minimum atomic E-state index is -4.63. The van der Waals surface area contributed by atoms with Crippen LogP contribution in [0.2, 0.25) is 5.02 Å². The normalized spacial score (nSPS) is 12.0. The highest BCUT2D eigenvalue weighted by atomic mass is 35.5. The molecule has 0 spiro atoms. The number of carbonyl (C=O) groups excluding carboxylic acids is 2. The molecule has 198 valence electrons. The summed E-state index contributed by atoms with van der Waals surface area (Å²) in [5, 5.41) is 15.8. The van der Waals surface area contributed by atoms with Crippen molar-refractivity contribution < 1.29 is 22.8 Å². The van der Waals surface area contributed by atoms with E-state index >= 15 is 0 Å². The fraction of sp³-hybridized carbons (Fsp3) is 0.0769. The highest BCUT2D eigenvalue weighted by Crippen LogP contribution is 2.37. The number of anilines is 2. The summed E-state index contributed by atoms with van der Waals surface area (Å²) in [6.07, 6.45) is -4.63. The number of thiazole rings is 1. The van der Waals surface area contributed by atoms with E-state index in [1.807, 2.05) is 18.2 Å². The first-order valence-electron chi connectivity index (χ1n) is 11.0. The summed E-state index contributed by atoms with van der Waals surface area (Å²) in [6.45, 7) is 0. The lowest BCUT2D eigenvalue weighted by atomic mass is 10.1. The number of nitriles is 1. The maximum absolute atomic E-state index is 13.4. The van der Waals surface area contributed by atoms with Crippen molar-refractivity contribution in [1.29, 1.82) is 5.26 Å². The molecule has 2 amide bonds. The Morgan fingerprint density at radius 2 is 1.77 bits per heavy atom. The number of amides is 2. The first kappa shape index (κ1) is 28.0. The maximum atomic E-state index is 13.4. The maximum Gasteiger partial charge on any atom is 0.416 e. The van der Waals surface area contributed by atoms with Crippen molar-refractivity contribution >= 4 is 73.7 Å². The molecule has 1 aromatic heterocycles. The van der Waals surface area contributed by atoms with Gasteiger partial charge in [-0.2, -0.15) is 18.4 Å². The highest BCUT2D eigenvalue weighted by Gasteiger charge is 2.31. The SMILES string of the molecule is N#CC(=C(Nc1cc(C(F)(F)F)ccc1Cl)SCC(=O)Nc1ccccc1C(N)=O)c1nc2ccccc2s1. The Kier molecular flexibility index (Phi) is 8.44. The van der Waals surface area contributed by atoms with Gasteiger partial charge in [-0.25, -0.2) is 4.98 Å². The van der Waals surface area contributed by atoms with Gasteiger partial charge in [-0.1, -0.05) is 47.6 Å². The number of carbonyl (C=O) groups is 2. The van der Waals surface area contributed by atoms with Gasteiger partial charge in [0.15, 0.2) is 0 Å². The van der Waals surface area contributed by atoms with Crippen molar-refractivity contribution in [1.82, 2.24) is 4.98 Å². The molecule has 4 rings (SSSR count). The summed E-state index contributed by atoms with van der Waals surface area (Å²) >= 11 is 8.26. The first-order valence-corrected chi connectivity index (χ1v) is 13.2. The first-order chi connectivity index (χ1) is 18.6. The fourth-order valence-corrected chi connectivity index (χ4v) is 5.41. The molecule has 0 aliphatic carbocycles. The van der Waals surface area contributed by atoms with Crippen LogP contribution < -0.4 is 16.4 Å². The molecule has 4 aromatic rings. The molecule has 0 fully saturated rings. The molecular weight excluding hydrogens is 571 g/mol. The largest absolute Gasteiger partial charge is 0.416 e. The second kappa shape index (κ2) is 11.8. The van der Waals surface area contributed by atoms with Crippen LogP contribution in [-0.2, 0) is 11.0 Å². The van der Waals surface area contributed by atoms with Gasteiger partial charge in [0.25, 0.3) is 5.91 Å². The molecule has 0 unspecified atom stereocenters. The predicted molar refractivity (Wildman–Crippen MR) is 148 cm³/mol. The summed E-state index contributed by atoms with van der Waals surface area (Å²) in [6, 6.07) is 18.1. The molecule has 39 heavy (non-hydrogen) atoms. The summed E-state index contributed by atoms with van der Waals surface area (Å²) < 4.78 is 40.9. The molecule has 0 bridgehead atoms. The monoisotopic (exact) mass is 587 g/mol. The second-order valence-electron chi connectivity index (χ2n) is 7.87. The van der Waals surface area contributed by atoms with Crippen LogP contribution in [0.25, 0.3) is 15.8 Å². The Hall–Kier alpha value is -4.05. The molecule has 0 aliphatic rings. The van der Waals surface area contributed by atoms with Crippen molar-refractivity contribution in [3.8, 4) is 6.07 Å². The van der Waals surface area contributed by atoms with E-state index in [1.165, 1.54) is 23.5 Å². The Morgan fingerprint density at radius 3 is 2.46 bits per heavy atom. The number of halogens is 4. The Labute approximate surface area is 233 Å². The molecule has 0 atom stereocenters. The Balaban J connectivity index is 1.70. The van der Waals surface area contributed by atoms with Crippen LogP contribution >= 0.6 is 34.7 Å². The van der Waals surface area contributed by atoms with E-state index in [0.29, 0.717) is 10.5 Å². The van der Waals surface area contributed by atoms with Crippen LogP contribution in [-0.4, -0.2) is 22.6 Å². The van der Waals surface area contributed by atoms with Crippen molar-refractivity contribution in [2.75, 3.05) is 16.4 Å². The lowest BCUT2D eigenvalue weighted by Crippen LogP contribution is -2.19. The van der Waals surface area contributed by atoms with Gasteiger partial charge in [-0.15, -0.1) is 11.3 Å². The molecule has 0 aliphatic heterocycles. The summed E-state index contributed by atoms with van der Waals surface area (Å²) in [7, 11) is 0. The lowest BCUT2D eigenvalue weighted by Gasteiger charge is -2.16. The van der Waals surface area contributed by atoms with E-state index in [-0.39, 0.29) is 38.3 Å². The zero-order valence-electron chi connectivity index (χ0n) is 19.7. The van der Waals surface area contributed by atoms with Crippen LogP contribution in [0.3, 0.4) is 0 Å². The van der Waals surface area contributed by atoms with Gasteiger partial charge in [-0.3, -0.25) is 9.59 Å². The van der Waals surface area contributed by atoms with Crippen molar-refractivity contribution in [3.63, 3.8) is 0 Å². The van der Waals surface area contributed by atoms with Gasteiger partial charge in [0, 0.05) is 0 Å². The van der Waals surface area contributed by atoms with Crippen LogP contribution in [0.1, 0.15) is 20.9 Å². The third kappa shape index (κ3) is 6.69. The molecule has 3 aromatic carbocycles. The topological polar surface area (TPSA) is 121 Å². The minimum absolute atomic E-state index is 0.0139. The second-order valence-corrected chi connectivity index (χ2v) is 10.3. The number of allylic oxidation sites excluding steroid dienone is 1. The molecular formula is C26H17ClF3N5O2S2.